The smallest absolute Gasteiger partial charge is 0.0635 e. The van der Waals surface area contributed by atoms with Crippen molar-refractivity contribution < 1.29 is 4.74 Å². The van der Waals surface area contributed by atoms with E-state index in [9.17, 15) is 0 Å². The first-order chi connectivity index (χ1) is 8.18. The predicted octanol–water partition coefficient (Wildman–Crippen LogP) is 0.247. The number of hydrogen-bond acceptors (Lipinski definition) is 4. The first-order valence-corrected chi connectivity index (χ1v) is 6.84. The van der Waals surface area contributed by atoms with Gasteiger partial charge in [-0.15, -0.1) is 0 Å². The van der Waals surface area contributed by atoms with Crippen LogP contribution in [0.5, 0.6) is 0 Å². The molecule has 2 saturated heterocycles. The van der Waals surface area contributed by atoms with Gasteiger partial charge in [0, 0.05) is 25.2 Å². The summed E-state index contributed by atoms with van der Waals surface area (Å²) >= 11 is 0. The number of morpholine rings is 1. The van der Waals surface area contributed by atoms with E-state index in [4.69, 9.17) is 4.74 Å². The van der Waals surface area contributed by atoms with E-state index >= 15 is 0 Å². The maximum absolute atomic E-state index is 5.63. The summed E-state index contributed by atoms with van der Waals surface area (Å²) in [6, 6.07) is 1.09. The summed E-state index contributed by atoms with van der Waals surface area (Å²) in [7, 11) is 6.65. The molecule has 2 rings (SSSR count). The van der Waals surface area contributed by atoms with Crippen LogP contribution in [0.3, 0.4) is 0 Å². The first kappa shape index (κ1) is 13.3. The normalized spacial score (nSPS) is 33.9. The van der Waals surface area contributed by atoms with Gasteiger partial charge in [-0.3, -0.25) is 0 Å². The van der Waals surface area contributed by atoms with Crippen LogP contribution in [0, 0.1) is 5.92 Å². The lowest BCUT2D eigenvalue weighted by Gasteiger charge is -2.43. The minimum atomic E-state index is 0.496. The molecule has 2 fully saturated rings. The van der Waals surface area contributed by atoms with E-state index < -0.39 is 0 Å². The zero-order chi connectivity index (χ0) is 12.3. The summed E-state index contributed by atoms with van der Waals surface area (Å²) in [5.41, 5.74) is 0. The van der Waals surface area contributed by atoms with E-state index in [-0.39, 0.29) is 0 Å². The summed E-state index contributed by atoms with van der Waals surface area (Å²) in [6.07, 6.45) is 2.68. The molecule has 100 valence electrons. The highest BCUT2D eigenvalue weighted by molar-refractivity contribution is 4.91. The molecule has 0 radical (unpaired) electrons. The van der Waals surface area contributed by atoms with Crippen molar-refractivity contribution in [2.24, 2.45) is 5.92 Å². The fraction of sp³-hybridized carbons (Fsp3) is 1.00. The van der Waals surface area contributed by atoms with Crippen molar-refractivity contribution in [3.63, 3.8) is 0 Å². The van der Waals surface area contributed by atoms with Gasteiger partial charge in [0.25, 0.3) is 0 Å². The maximum atomic E-state index is 5.63. The summed E-state index contributed by atoms with van der Waals surface area (Å²) in [5, 5.41) is 3.63. The topological polar surface area (TPSA) is 27.7 Å². The third-order valence-corrected chi connectivity index (χ3v) is 4.10. The number of nitrogens with one attached hydrogen (secondary N) is 1. The Morgan fingerprint density at radius 2 is 2.24 bits per heavy atom. The molecule has 4 nitrogen and oxygen atoms in total. The van der Waals surface area contributed by atoms with E-state index in [0.717, 1.165) is 25.7 Å². The lowest BCUT2D eigenvalue weighted by Crippen LogP contribution is -2.58. The van der Waals surface area contributed by atoms with Crippen LogP contribution < -0.4 is 5.32 Å². The van der Waals surface area contributed by atoms with Gasteiger partial charge in [0.2, 0.25) is 0 Å². The van der Waals surface area contributed by atoms with Crippen LogP contribution in [0.2, 0.25) is 0 Å². The van der Waals surface area contributed by atoms with Crippen LogP contribution in [0.25, 0.3) is 0 Å². The Labute approximate surface area is 105 Å². The summed E-state index contributed by atoms with van der Waals surface area (Å²) in [4.78, 5) is 4.85. The maximum Gasteiger partial charge on any atom is 0.0635 e. The molecular formula is C13H27N3O. The van der Waals surface area contributed by atoms with Crippen molar-refractivity contribution in [3.8, 4) is 0 Å². The largest absolute Gasteiger partial charge is 0.378 e. The molecule has 2 heterocycles. The van der Waals surface area contributed by atoms with Crippen LogP contribution in [-0.2, 0) is 4.74 Å². The van der Waals surface area contributed by atoms with Gasteiger partial charge in [0.15, 0.2) is 0 Å². The number of hydrogen-bond donors (Lipinski definition) is 1. The molecule has 0 aromatic heterocycles. The van der Waals surface area contributed by atoms with E-state index in [1.807, 2.05) is 0 Å². The Bertz CT molecular complexity index is 229. The minimum Gasteiger partial charge on any atom is -0.378 e. The van der Waals surface area contributed by atoms with Gasteiger partial charge in [0.05, 0.1) is 13.2 Å². The number of nitrogens with zero attached hydrogens (tertiary/aromatic N) is 2. The second-order valence-electron chi connectivity index (χ2n) is 5.75. The van der Waals surface area contributed by atoms with E-state index in [2.05, 4.69) is 36.3 Å². The molecule has 0 saturated carbocycles. The SMILES string of the molecule is CN1CCCC(C(C2COCCN2)N(C)C)C1. The van der Waals surface area contributed by atoms with Gasteiger partial charge in [-0.1, -0.05) is 0 Å². The Balaban J connectivity index is 1.99. The third kappa shape index (κ3) is 3.41. The minimum absolute atomic E-state index is 0.496. The highest BCUT2D eigenvalue weighted by atomic mass is 16.5. The van der Waals surface area contributed by atoms with E-state index in [0.29, 0.717) is 12.1 Å². The standard InChI is InChI=1S/C13H27N3O/c1-15(2)13(12-10-17-8-6-14-12)11-5-4-7-16(3)9-11/h11-14H,4-10H2,1-3H3. The fourth-order valence-corrected chi connectivity index (χ4v) is 3.40. The lowest BCUT2D eigenvalue weighted by molar-refractivity contribution is 0.0170. The monoisotopic (exact) mass is 241 g/mol. The van der Waals surface area contributed by atoms with Crippen molar-refractivity contribution in [2.45, 2.75) is 24.9 Å². The molecule has 0 aromatic rings. The molecule has 2 aliphatic rings. The summed E-state index contributed by atoms with van der Waals surface area (Å²) in [6.45, 7) is 5.20. The highest BCUT2D eigenvalue weighted by Crippen LogP contribution is 2.24. The number of rotatable bonds is 3. The van der Waals surface area contributed by atoms with Gasteiger partial charge in [0.1, 0.15) is 0 Å². The van der Waals surface area contributed by atoms with Gasteiger partial charge in [-0.05, 0) is 46.4 Å². The van der Waals surface area contributed by atoms with Crippen LogP contribution in [0.15, 0.2) is 0 Å². The molecule has 0 spiro atoms. The third-order valence-electron chi connectivity index (χ3n) is 4.10. The van der Waals surface area contributed by atoms with Crippen LogP contribution in [0.4, 0.5) is 0 Å². The van der Waals surface area contributed by atoms with Crippen LogP contribution >= 0.6 is 0 Å². The van der Waals surface area contributed by atoms with Crippen molar-refractivity contribution >= 4 is 0 Å². The second-order valence-corrected chi connectivity index (χ2v) is 5.75. The van der Waals surface area contributed by atoms with E-state index in [1.165, 1.54) is 25.9 Å². The molecule has 0 aliphatic carbocycles. The van der Waals surface area contributed by atoms with Crippen molar-refractivity contribution in [2.75, 3.05) is 54.0 Å². The zero-order valence-electron chi connectivity index (χ0n) is 11.5. The molecule has 0 bridgehead atoms. The zero-order valence-corrected chi connectivity index (χ0v) is 11.5. The molecule has 3 atom stereocenters. The number of piperidine rings is 1. The van der Waals surface area contributed by atoms with Gasteiger partial charge in [-0.25, -0.2) is 0 Å². The molecule has 1 N–H and O–H groups in total. The van der Waals surface area contributed by atoms with Crippen molar-refractivity contribution in [1.29, 1.82) is 0 Å². The summed E-state index contributed by atoms with van der Waals surface area (Å²) < 4.78 is 5.63. The summed E-state index contributed by atoms with van der Waals surface area (Å²) in [5.74, 6) is 0.767. The molecule has 17 heavy (non-hydrogen) atoms. The number of likely N-dealkylation sites (N-methyl/N-ethyl adjacent to an activating group) is 1. The molecule has 3 unspecified atom stereocenters. The second kappa shape index (κ2) is 6.14. The van der Waals surface area contributed by atoms with Gasteiger partial charge in [-0.2, -0.15) is 0 Å². The predicted molar refractivity (Wildman–Crippen MR) is 70.3 cm³/mol. The lowest BCUT2D eigenvalue weighted by atomic mass is 9.85. The number of ether oxygens (including phenoxy) is 1. The van der Waals surface area contributed by atoms with Crippen LogP contribution in [0.1, 0.15) is 12.8 Å². The van der Waals surface area contributed by atoms with Crippen molar-refractivity contribution in [3.05, 3.63) is 0 Å². The Morgan fingerprint density at radius 1 is 1.41 bits per heavy atom. The molecule has 4 heteroatoms. The number of likely N-dealkylation sites (tertiary alicyclic amines) is 1. The highest BCUT2D eigenvalue weighted by Gasteiger charge is 2.34. The quantitative estimate of drug-likeness (QED) is 0.766. The molecule has 0 amide bonds. The molecular weight excluding hydrogens is 214 g/mol. The average molecular weight is 241 g/mol. The fourth-order valence-electron chi connectivity index (χ4n) is 3.40. The molecule has 0 aromatic carbocycles. The van der Waals surface area contributed by atoms with E-state index in [1.54, 1.807) is 0 Å². The Hall–Kier alpha value is -0.160. The van der Waals surface area contributed by atoms with Gasteiger partial charge < -0.3 is 19.9 Å². The molecule has 2 aliphatic heterocycles. The van der Waals surface area contributed by atoms with Gasteiger partial charge >= 0.3 is 0 Å². The van der Waals surface area contributed by atoms with Crippen LogP contribution in [-0.4, -0.2) is 75.9 Å². The Kier molecular flexibility index (Phi) is 4.79. The first-order valence-electron chi connectivity index (χ1n) is 6.84. The average Bonchev–Trinajstić information content (AvgIpc) is 2.30. The van der Waals surface area contributed by atoms with Crippen molar-refractivity contribution in [1.82, 2.24) is 15.1 Å². The Morgan fingerprint density at radius 3 is 2.82 bits per heavy atom.